The summed E-state index contributed by atoms with van der Waals surface area (Å²) in [6.45, 7) is 4.65. The zero-order chi connectivity index (χ0) is 23.8. The molecule has 0 saturated heterocycles. The molecule has 172 valence electrons. The Labute approximate surface area is 201 Å². The van der Waals surface area contributed by atoms with Crippen LogP contribution in [-0.4, -0.2) is 23.4 Å². The van der Waals surface area contributed by atoms with Gasteiger partial charge in [0.1, 0.15) is 17.2 Å². The van der Waals surface area contributed by atoms with Crippen molar-refractivity contribution < 1.29 is 23.8 Å². The molecule has 0 unspecified atom stereocenters. The molecular weight excluding hydrogens is 450 g/mol. The number of aryl methyl sites for hydroxylation is 1. The number of benzene rings is 2. The third-order valence-electron chi connectivity index (χ3n) is 5.91. The largest absolute Gasteiger partial charge is 0.497 e. The molecule has 0 bridgehead atoms. The number of carbonyl (C=O) groups is 2. The number of ether oxygens (including phenoxy) is 3. The van der Waals surface area contributed by atoms with Crippen LogP contribution in [0.5, 0.6) is 17.2 Å². The molecule has 1 aliphatic rings. The minimum atomic E-state index is -0.355. The first-order chi connectivity index (χ1) is 16.5. The van der Waals surface area contributed by atoms with Gasteiger partial charge >= 0.3 is 5.97 Å². The first-order valence-corrected chi connectivity index (χ1v) is 11.8. The van der Waals surface area contributed by atoms with Crippen LogP contribution in [0.2, 0.25) is 0 Å². The Morgan fingerprint density at radius 2 is 2.06 bits per heavy atom. The van der Waals surface area contributed by atoms with E-state index in [-0.39, 0.29) is 23.9 Å². The van der Waals surface area contributed by atoms with E-state index in [4.69, 9.17) is 14.2 Å². The highest BCUT2D eigenvalue weighted by molar-refractivity contribution is 7.10. The van der Waals surface area contributed by atoms with E-state index in [2.05, 4.69) is 11.5 Å². The van der Waals surface area contributed by atoms with Crippen molar-refractivity contribution in [3.63, 3.8) is 0 Å². The number of hydrogen-bond donors (Lipinski definition) is 0. The predicted octanol–water partition coefficient (Wildman–Crippen LogP) is 5.80. The van der Waals surface area contributed by atoms with Gasteiger partial charge in [0.2, 0.25) is 5.78 Å². The minimum Gasteiger partial charge on any atom is -0.497 e. The lowest BCUT2D eigenvalue weighted by molar-refractivity contribution is -0.133. The van der Waals surface area contributed by atoms with Gasteiger partial charge in [0, 0.05) is 39.6 Å². The van der Waals surface area contributed by atoms with E-state index >= 15 is 0 Å². The predicted molar refractivity (Wildman–Crippen MR) is 132 cm³/mol. The van der Waals surface area contributed by atoms with Gasteiger partial charge in [0.25, 0.3) is 0 Å². The molecule has 0 saturated carbocycles. The third kappa shape index (κ3) is 3.88. The molecule has 0 fully saturated rings. The second kappa shape index (κ2) is 8.83. The molecule has 0 radical (unpaired) electrons. The Morgan fingerprint density at radius 1 is 1.21 bits per heavy atom. The first-order valence-electron chi connectivity index (χ1n) is 11.0. The van der Waals surface area contributed by atoms with Gasteiger partial charge in [-0.25, -0.2) is 0 Å². The van der Waals surface area contributed by atoms with Gasteiger partial charge in [-0.2, -0.15) is 0 Å². The number of thiophene rings is 1. The molecule has 3 heterocycles. The normalized spacial score (nSPS) is 13.9. The van der Waals surface area contributed by atoms with Gasteiger partial charge in [0.15, 0.2) is 5.76 Å². The number of esters is 1. The van der Waals surface area contributed by atoms with Crippen LogP contribution in [0.3, 0.4) is 0 Å². The van der Waals surface area contributed by atoms with E-state index in [1.54, 1.807) is 32.2 Å². The second-order valence-corrected chi connectivity index (χ2v) is 9.02. The molecule has 0 atom stereocenters. The van der Waals surface area contributed by atoms with E-state index in [1.165, 1.54) is 11.3 Å². The maximum Gasteiger partial charge on any atom is 0.316 e. The van der Waals surface area contributed by atoms with Crippen LogP contribution in [-0.2, 0) is 17.8 Å². The molecule has 2 aromatic heterocycles. The summed E-state index contributed by atoms with van der Waals surface area (Å²) in [7, 11) is 1.63. The van der Waals surface area contributed by atoms with Crippen LogP contribution >= 0.6 is 11.3 Å². The number of Topliss-reactive ketones (excluding diaryl/α,β-unsaturated/α-hetero) is 1. The summed E-state index contributed by atoms with van der Waals surface area (Å²) in [4.78, 5) is 26.4. The summed E-state index contributed by atoms with van der Waals surface area (Å²) in [6.07, 6.45) is 3.96. The molecule has 0 amide bonds. The van der Waals surface area contributed by atoms with Crippen LogP contribution in [0, 0.1) is 6.92 Å². The van der Waals surface area contributed by atoms with E-state index in [9.17, 15) is 9.59 Å². The Morgan fingerprint density at radius 3 is 2.79 bits per heavy atom. The van der Waals surface area contributed by atoms with E-state index in [0.717, 1.165) is 33.6 Å². The van der Waals surface area contributed by atoms with Crippen molar-refractivity contribution in [1.82, 2.24) is 4.57 Å². The molecule has 7 heteroatoms. The lowest BCUT2D eigenvalue weighted by Crippen LogP contribution is -2.11. The topological polar surface area (TPSA) is 66.8 Å². The average molecular weight is 474 g/mol. The Kier molecular flexibility index (Phi) is 5.71. The lowest BCUT2D eigenvalue weighted by Gasteiger charge is -2.09. The van der Waals surface area contributed by atoms with Gasteiger partial charge in [-0.3, -0.25) is 9.59 Å². The van der Waals surface area contributed by atoms with E-state index < -0.39 is 0 Å². The number of allylic oxidation sites excluding steroid dienone is 1. The smallest absolute Gasteiger partial charge is 0.316 e. The van der Waals surface area contributed by atoms with E-state index in [1.807, 2.05) is 41.9 Å². The van der Waals surface area contributed by atoms with Gasteiger partial charge in [0.05, 0.1) is 19.1 Å². The van der Waals surface area contributed by atoms with Crippen LogP contribution in [0.1, 0.15) is 33.3 Å². The molecule has 0 N–H and O–H groups in total. The van der Waals surface area contributed by atoms with Crippen LogP contribution in [0.15, 0.2) is 59.8 Å². The number of aromatic nitrogens is 1. The van der Waals surface area contributed by atoms with Crippen LogP contribution < -0.4 is 14.2 Å². The molecule has 0 aliphatic carbocycles. The molecule has 1 aliphatic heterocycles. The fourth-order valence-electron chi connectivity index (χ4n) is 4.14. The Balaban J connectivity index is 1.45. The molecule has 34 heavy (non-hydrogen) atoms. The van der Waals surface area contributed by atoms with Crippen molar-refractivity contribution >= 4 is 40.1 Å². The molecule has 4 aromatic rings. The number of methoxy groups -OCH3 is 1. The minimum absolute atomic E-state index is 0.198. The van der Waals surface area contributed by atoms with Crippen LogP contribution in [0.25, 0.3) is 17.0 Å². The fraction of sp³-hybridized carbons (Fsp3) is 0.185. The highest BCUT2D eigenvalue weighted by Crippen LogP contribution is 2.40. The van der Waals surface area contributed by atoms with Crippen molar-refractivity contribution in [3.8, 4) is 17.2 Å². The number of carbonyl (C=O) groups excluding carboxylic acids is 2. The molecule has 0 spiro atoms. The maximum atomic E-state index is 13.1. The third-order valence-corrected chi connectivity index (χ3v) is 6.78. The first kappa shape index (κ1) is 22.0. The van der Waals surface area contributed by atoms with Crippen molar-refractivity contribution in [3.05, 3.63) is 81.4 Å². The van der Waals surface area contributed by atoms with Crippen LogP contribution in [0.4, 0.5) is 0 Å². The summed E-state index contributed by atoms with van der Waals surface area (Å²) in [5.74, 6) is 1.24. The van der Waals surface area contributed by atoms with Gasteiger partial charge in [-0.15, -0.1) is 11.3 Å². The second-order valence-electron chi connectivity index (χ2n) is 7.99. The lowest BCUT2D eigenvalue weighted by atomic mass is 10.1. The standard InChI is InChI=1S/C27H23NO5S/c1-4-28-15-17(21-13-18(31-3)7-9-22(21)28)12-24-26(30)20-8-10-23(16(2)27(20)33-24)32-25(29)14-19-6-5-11-34-19/h5-13,15H,4,14H2,1-3H3/b24-12-. The van der Waals surface area contributed by atoms with E-state index in [0.29, 0.717) is 22.6 Å². The van der Waals surface area contributed by atoms with Crippen molar-refractivity contribution in [2.24, 2.45) is 0 Å². The monoisotopic (exact) mass is 473 g/mol. The summed E-state index contributed by atoms with van der Waals surface area (Å²) < 4.78 is 19.1. The number of rotatable bonds is 6. The fourth-order valence-corrected chi connectivity index (χ4v) is 4.83. The summed E-state index contributed by atoms with van der Waals surface area (Å²) >= 11 is 1.51. The number of fused-ring (bicyclic) bond motifs is 2. The van der Waals surface area contributed by atoms with Gasteiger partial charge < -0.3 is 18.8 Å². The maximum absolute atomic E-state index is 13.1. The molecule has 2 aromatic carbocycles. The summed E-state index contributed by atoms with van der Waals surface area (Å²) in [5.41, 5.74) is 2.99. The SMILES string of the molecule is CCn1cc(/C=C2\Oc3c(ccc(OC(=O)Cc4cccs4)c3C)C2=O)c2cc(OC)ccc21. The van der Waals surface area contributed by atoms with Gasteiger partial charge in [-0.1, -0.05) is 6.07 Å². The molecule has 5 rings (SSSR count). The average Bonchev–Trinajstić information content (AvgIpc) is 3.55. The van der Waals surface area contributed by atoms with Crippen molar-refractivity contribution in [1.29, 1.82) is 0 Å². The summed E-state index contributed by atoms with van der Waals surface area (Å²) in [5, 5.41) is 2.89. The highest BCUT2D eigenvalue weighted by atomic mass is 32.1. The van der Waals surface area contributed by atoms with Crippen molar-refractivity contribution in [2.45, 2.75) is 26.8 Å². The zero-order valence-corrected chi connectivity index (χ0v) is 19.9. The summed E-state index contributed by atoms with van der Waals surface area (Å²) in [6, 6.07) is 13.0. The number of nitrogens with zero attached hydrogens (tertiary/aromatic N) is 1. The number of hydrogen-bond acceptors (Lipinski definition) is 6. The zero-order valence-electron chi connectivity index (χ0n) is 19.1. The molecule has 6 nitrogen and oxygen atoms in total. The Hall–Kier alpha value is -3.84. The van der Waals surface area contributed by atoms with Gasteiger partial charge in [-0.05, 0) is 61.7 Å². The number of ketones is 1. The molecular formula is C27H23NO5S. The Bertz CT molecular complexity index is 1450. The quantitative estimate of drug-likeness (QED) is 0.201. The van der Waals surface area contributed by atoms with Crippen molar-refractivity contribution in [2.75, 3.05) is 7.11 Å². The highest BCUT2D eigenvalue weighted by Gasteiger charge is 2.31.